The third-order valence-corrected chi connectivity index (χ3v) is 5.12. The molecule has 1 atom stereocenters. The molecular formula is C23H31F2IN4O2. The van der Waals surface area contributed by atoms with Crippen LogP contribution in [0.4, 0.5) is 14.5 Å². The topological polar surface area (TPSA) is 58.1 Å². The predicted molar refractivity (Wildman–Crippen MR) is 134 cm³/mol. The Morgan fingerprint density at radius 1 is 1.16 bits per heavy atom. The molecule has 1 fully saturated rings. The summed E-state index contributed by atoms with van der Waals surface area (Å²) >= 11 is 0. The second-order valence-electron chi connectivity index (χ2n) is 7.32. The number of nitrogens with one attached hydrogen (secondary N) is 2. The van der Waals surface area contributed by atoms with Crippen LogP contribution in [0, 0.1) is 0 Å². The minimum Gasteiger partial charge on any atom is -0.433 e. The Morgan fingerprint density at radius 3 is 2.59 bits per heavy atom. The van der Waals surface area contributed by atoms with Crippen LogP contribution in [-0.4, -0.2) is 45.4 Å². The largest absolute Gasteiger partial charge is 0.433 e. The molecule has 0 radical (unpaired) electrons. The summed E-state index contributed by atoms with van der Waals surface area (Å²) in [4.78, 5) is 6.80. The molecule has 3 rings (SSSR count). The van der Waals surface area contributed by atoms with Gasteiger partial charge in [0.25, 0.3) is 0 Å². The highest BCUT2D eigenvalue weighted by Crippen LogP contribution is 2.31. The number of alkyl halides is 2. The smallest absolute Gasteiger partial charge is 0.387 e. The van der Waals surface area contributed by atoms with E-state index < -0.39 is 6.61 Å². The van der Waals surface area contributed by atoms with Gasteiger partial charge in [-0.15, -0.1) is 24.0 Å². The molecule has 2 aromatic rings. The SMILES string of the molecule is CCNC(=NCc1ccccc1COC)NC1CCN(c2ccccc2OC(F)F)C1.I. The maximum atomic E-state index is 12.7. The van der Waals surface area contributed by atoms with Crippen LogP contribution in [0.2, 0.25) is 0 Å². The van der Waals surface area contributed by atoms with Gasteiger partial charge < -0.3 is 25.0 Å². The molecule has 2 aromatic carbocycles. The van der Waals surface area contributed by atoms with Crippen molar-refractivity contribution in [1.29, 1.82) is 0 Å². The first-order chi connectivity index (χ1) is 15.1. The lowest BCUT2D eigenvalue weighted by atomic mass is 10.1. The van der Waals surface area contributed by atoms with Crippen LogP contribution in [0.25, 0.3) is 0 Å². The molecule has 9 heteroatoms. The fourth-order valence-corrected chi connectivity index (χ4v) is 3.70. The van der Waals surface area contributed by atoms with Crippen molar-refractivity contribution in [2.24, 2.45) is 4.99 Å². The zero-order valence-corrected chi connectivity index (χ0v) is 20.7. The van der Waals surface area contributed by atoms with Crippen LogP contribution in [0.15, 0.2) is 53.5 Å². The fraction of sp³-hybridized carbons (Fsp3) is 0.435. The summed E-state index contributed by atoms with van der Waals surface area (Å²) in [6.45, 7) is 2.43. The molecule has 0 aliphatic carbocycles. The number of aliphatic imine (C=N–C) groups is 1. The number of para-hydroxylation sites is 2. The number of methoxy groups -OCH3 is 1. The van der Waals surface area contributed by atoms with Crippen LogP contribution < -0.4 is 20.3 Å². The van der Waals surface area contributed by atoms with E-state index in [2.05, 4.69) is 26.3 Å². The molecule has 0 amide bonds. The van der Waals surface area contributed by atoms with E-state index in [0.717, 1.165) is 36.6 Å². The molecule has 1 aliphatic heterocycles. The zero-order chi connectivity index (χ0) is 22.1. The average molecular weight is 560 g/mol. The van der Waals surface area contributed by atoms with Gasteiger partial charge in [-0.05, 0) is 36.6 Å². The van der Waals surface area contributed by atoms with E-state index in [9.17, 15) is 8.78 Å². The average Bonchev–Trinajstić information content (AvgIpc) is 3.21. The first kappa shape index (κ1) is 26.1. The number of ether oxygens (including phenoxy) is 2. The van der Waals surface area contributed by atoms with Crippen molar-refractivity contribution in [1.82, 2.24) is 10.6 Å². The molecule has 176 valence electrons. The van der Waals surface area contributed by atoms with Crippen molar-refractivity contribution in [2.75, 3.05) is 31.6 Å². The normalized spacial score (nSPS) is 16.1. The third-order valence-electron chi connectivity index (χ3n) is 5.12. The van der Waals surface area contributed by atoms with Crippen LogP contribution in [0.3, 0.4) is 0 Å². The van der Waals surface area contributed by atoms with Gasteiger partial charge in [-0.25, -0.2) is 4.99 Å². The molecule has 1 heterocycles. The van der Waals surface area contributed by atoms with Gasteiger partial charge in [0.1, 0.15) is 5.75 Å². The maximum Gasteiger partial charge on any atom is 0.387 e. The van der Waals surface area contributed by atoms with E-state index >= 15 is 0 Å². The number of hydrogen-bond donors (Lipinski definition) is 2. The molecule has 1 saturated heterocycles. The number of anilines is 1. The second kappa shape index (κ2) is 13.4. The van der Waals surface area contributed by atoms with Gasteiger partial charge in [-0.2, -0.15) is 8.78 Å². The lowest BCUT2D eigenvalue weighted by Crippen LogP contribution is -2.44. The summed E-state index contributed by atoms with van der Waals surface area (Å²) in [6.07, 6.45) is 0.869. The third kappa shape index (κ3) is 7.47. The van der Waals surface area contributed by atoms with Crippen LogP contribution in [-0.2, 0) is 17.9 Å². The van der Waals surface area contributed by atoms with Crippen molar-refractivity contribution in [3.05, 3.63) is 59.7 Å². The maximum absolute atomic E-state index is 12.7. The van der Waals surface area contributed by atoms with Gasteiger partial charge in [0, 0.05) is 32.8 Å². The van der Waals surface area contributed by atoms with Crippen molar-refractivity contribution >= 4 is 35.6 Å². The molecule has 6 nitrogen and oxygen atoms in total. The lowest BCUT2D eigenvalue weighted by molar-refractivity contribution is -0.0495. The van der Waals surface area contributed by atoms with E-state index in [1.54, 1.807) is 19.2 Å². The van der Waals surface area contributed by atoms with Gasteiger partial charge >= 0.3 is 6.61 Å². The highest BCUT2D eigenvalue weighted by atomic mass is 127. The van der Waals surface area contributed by atoms with Gasteiger partial charge in [0.2, 0.25) is 0 Å². The summed E-state index contributed by atoms with van der Waals surface area (Å²) < 4.78 is 35.4. The van der Waals surface area contributed by atoms with Crippen molar-refractivity contribution in [2.45, 2.75) is 39.1 Å². The molecule has 0 saturated carbocycles. The zero-order valence-electron chi connectivity index (χ0n) is 18.4. The Labute approximate surface area is 205 Å². The van der Waals surface area contributed by atoms with Crippen molar-refractivity contribution < 1.29 is 18.3 Å². The molecule has 2 N–H and O–H groups in total. The Morgan fingerprint density at radius 2 is 1.88 bits per heavy atom. The monoisotopic (exact) mass is 560 g/mol. The molecular weight excluding hydrogens is 529 g/mol. The summed E-state index contributed by atoms with van der Waals surface area (Å²) in [5.74, 6) is 0.937. The van der Waals surface area contributed by atoms with Gasteiger partial charge in [-0.1, -0.05) is 36.4 Å². The van der Waals surface area contributed by atoms with Gasteiger partial charge in [0.05, 0.1) is 18.8 Å². The Hall–Kier alpha value is -2.14. The van der Waals surface area contributed by atoms with Crippen LogP contribution in [0.5, 0.6) is 5.75 Å². The molecule has 0 spiro atoms. The Kier molecular flexibility index (Phi) is 10.9. The van der Waals surface area contributed by atoms with E-state index in [1.807, 2.05) is 37.3 Å². The summed E-state index contributed by atoms with van der Waals surface area (Å²) in [6, 6.07) is 15.2. The summed E-state index contributed by atoms with van der Waals surface area (Å²) in [5.41, 5.74) is 2.92. The molecule has 1 unspecified atom stereocenters. The van der Waals surface area contributed by atoms with Crippen molar-refractivity contribution in [3.8, 4) is 5.75 Å². The summed E-state index contributed by atoms with van der Waals surface area (Å²) in [7, 11) is 1.68. The van der Waals surface area contributed by atoms with E-state index in [4.69, 9.17) is 9.73 Å². The number of benzene rings is 2. The lowest BCUT2D eigenvalue weighted by Gasteiger charge is -2.22. The Bertz CT molecular complexity index is 869. The van der Waals surface area contributed by atoms with Crippen LogP contribution >= 0.6 is 24.0 Å². The molecule has 32 heavy (non-hydrogen) atoms. The van der Waals surface area contributed by atoms with E-state index in [0.29, 0.717) is 25.4 Å². The quantitative estimate of drug-likeness (QED) is 0.271. The second-order valence-corrected chi connectivity index (χ2v) is 7.32. The minimum absolute atomic E-state index is 0. The number of hydrogen-bond acceptors (Lipinski definition) is 4. The fourth-order valence-electron chi connectivity index (χ4n) is 3.70. The Balaban J connectivity index is 0.00000363. The first-order valence-electron chi connectivity index (χ1n) is 10.5. The van der Waals surface area contributed by atoms with Gasteiger partial charge in [-0.3, -0.25) is 0 Å². The van der Waals surface area contributed by atoms with Crippen molar-refractivity contribution in [3.63, 3.8) is 0 Å². The molecule has 1 aliphatic rings. The van der Waals surface area contributed by atoms with Gasteiger partial charge in [0.15, 0.2) is 5.96 Å². The van der Waals surface area contributed by atoms with Crippen LogP contribution in [0.1, 0.15) is 24.5 Å². The number of rotatable bonds is 9. The predicted octanol–water partition coefficient (Wildman–Crippen LogP) is 4.39. The highest BCUT2D eigenvalue weighted by Gasteiger charge is 2.26. The standard InChI is InChI=1S/C23H30F2N4O2.HI/c1-3-26-23(27-14-17-8-4-5-9-18(17)16-30-2)28-19-12-13-29(15-19)20-10-6-7-11-21(20)31-22(24)25;/h4-11,19,22H,3,12-16H2,1-2H3,(H2,26,27,28);1H. The molecule has 0 aromatic heterocycles. The molecule has 0 bridgehead atoms. The van der Waals surface area contributed by atoms with E-state index in [1.165, 1.54) is 0 Å². The summed E-state index contributed by atoms with van der Waals surface area (Å²) in [5, 5.41) is 6.76. The first-order valence-corrected chi connectivity index (χ1v) is 10.5. The highest BCUT2D eigenvalue weighted by molar-refractivity contribution is 14.0. The number of halogens is 3. The number of guanidine groups is 1. The van der Waals surface area contributed by atoms with E-state index in [-0.39, 0.29) is 35.8 Å². The minimum atomic E-state index is -2.84. The number of nitrogens with zero attached hydrogens (tertiary/aromatic N) is 2.